The third-order valence-electron chi connectivity index (χ3n) is 1.93. The number of benzene rings is 1. The van der Waals surface area contributed by atoms with Gasteiger partial charge < -0.3 is 4.90 Å². The van der Waals surface area contributed by atoms with E-state index in [1.54, 1.807) is 0 Å². The summed E-state index contributed by atoms with van der Waals surface area (Å²) in [5, 5.41) is 0.727. The Kier molecular flexibility index (Phi) is 1.77. The maximum absolute atomic E-state index is 10.7. The van der Waals surface area contributed by atoms with E-state index >= 15 is 0 Å². The van der Waals surface area contributed by atoms with Crippen molar-refractivity contribution in [2.75, 3.05) is 18.0 Å². The summed E-state index contributed by atoms with van der Waals surface area (Å²) in [4.78, 5) is 12.7. The van der Waals surface area contributed by atoms with Crippen LogP contribution in [0.1, 0.15) is 0 Å². The average molecular weight is 182 g/mol. The number of nitrogens with zero attached hydrogens (tertiary/aromatic N) is 1. The average Bonchev–Trinajstić information content (AvgIpc) is 2.01. The predicted molar refractivity (Wildman–Crippen MR) is 48.7 cm³/mol. The molecule has 0 N–H and O–H groups in total. The molecular weight excluding hydrogens is 174 g/mol. The molecule has 1 aromatic carbocycles. The van der Waals surface area contributed by atoms with E-state index < -0.39 is 0 Å². The molecule has 1 heterocycles. The van der Waals surface area contributed by atoms with Crippen molar-refractivity contribution < 1.29 is 4.79 Å². The minimum Gasteiger partial charge on any atom is -0.357 e. The normalized spacial score (nSPS) is 16.1. The molecule has 0 aliphatic carbocycles. The fourth-order valence-corrected chi connectivity index (χ4v) is 1.34. The number of halogens is 1. The molecule has 0 bridgehead atoms. The largest absolute Gasteiger partial charge is 0.357 e. The summed E-state index contributed by atoms with van der Waals surface area (Å²) >= 11 is 5.72. The molecule has 2 nitrogen and oxygen atoms in total. The van der Waals surface area contributed by atoms with Crippen LogP contribution in [0, 0.1) is 0 Å². The summed E-state index contributed by atoms with van der Waals surface area (Å²) in [5.74, 6) is 0.296. The summed E-state index contributed by atoms with van der Waals surface area (Å²) in [6.07, 6.45) is 0. The van der Waals surface area contributed by atoms with Gasteiger partial charge in [-0.05, 0) is 24.3 Å². The summed E-state index contributed by atoms with van der Waals surface area (Å²) in [7, 11) is 0. The summed E-state index contributed by atoms with van der Waals surface area (Å²) in [6.45, 7) is 1.09. The van der Waals surface area contributed by atoms with Crippen LogP contribution in [0.25, 0.3) is 0 Å². The first-order valence-electron chi connectivity index (χ1n) is 3.78. The van der Waals surface area contributed by atoms with Gasteiger partial charge in [0.2, 0.25) is 0 Å². The number of hydrogen-bond acceptors (Lipinski definition) is 2. The molecule has 1 aliphatic heterocycles. The highest BCUT2D eigenvalue weighted by molar-refractivity contribution is 6.30. The van der Waals surface area contributed by atoms with Crippen LogP contribution in [0.4, 0.5) is 5.69 Å². The van der Waals surface area contributed by atoms with Gasteiger partial charge in [-0.3, -0.25) is 4.79 Å². The third kappa shape index (κ3) is 1.30. The molecule has 1 fully saturated rings. The molecular formula is C9H8ClNO. The molecule has 0 radical (unpaired) electrons. The SMILES string of the molecule is O=C1CN(c2ccc(Cl)cc2)C1. The Balaban J connectivity index is 2.14. The molecule has 0 unspecified atom stereocenters. The van der Waals surface area contributed by atoms with E-state index in [1.165, 1.54) is 0 Å². The molecule has 2 rings (SSSR count). The molecule has 62 valence electrons. The number of rotatable bonds is 1. The van der Waals surface area contributed by atoms with Gasteiger partial charge in [0.05, 0.1) is 13.1 Å². The van der Waals surface area contributed by atoms with Gasteiger partial charge in [0.15, 0.2) is 5.78 Å². The lowest BCUT2D eigenvalue weighted by molar-refractivity contribution is -0.119. The number of ketones is 1. The van der Waals surface area contributed by atoms with Gasteiger partial charge in [-0.1, -0.05) is 11.6 Å². The monoisotopic (exact) mass is 181 g/mol. The van der Waals surface area contributed by atoms with Gasteiger partial charge in [-0.25, -0.2) is 0 Å². The summed E-state index contributed by atoms with van der Waals surface area (Å²) < 4.78 is 0. The summed E-state index contributed by atoms with van der Waals surface area (Å²) in [6, 6.07) is 7.52. The predicted octanol–water partition coefficient (Wildman–Crippen LogP) is 1.73. The zero-order valence-electron chi connectivity index (χ0n) is 6.46. The van der Waals surface area contributed by atoms with Crippen LogP contribution in [0.2, 0.25) is 5.02 Å². The van der Waals surface area contributed by atoms with Gasteiger partial charge in [0.25, 0.3) is 0 Å². The van der Waals surface area contributed by atoms with Crippen molar-refractivity contribution in [3.8, 4) is 0 Å². The molecule has 3 heteroatoms. The minimum absolute atomic E-state index is 0.296. The van der Waals surface area contributed by atoms with Crippen LogP contribution in [-0.4, -0.2) is 18.9 Å². The molecule has 0 atom stereocenters. The van der Waals surface area contributed by atoms with Crippen LogP contribution in [0.5, 0.6) is 0 Å². The van der Waals surface area contributed by atoms with Gasteiger partial charge >= 0.3 is 0 Å². The van der Waals surface area contributed by atoms with E-state index in [0.717, 1.165) is 10.7 Å². The Morgan fingerprint density at radius 1 is 1.17 bits per heavy atom. The molecule has 1 aromatic rings. The van der Waals surface area contributed by atoms with Crippen molar-refractivity contribution >= 4 is 23.1 Å². The minimum atomic E-state index is 0.296. The Morgan fingerprint density at radius 3 is 2.25 bits per heavy atom. The molecule has 1 aliphatic rings. The zero-order chi connectivity index (χ0) is 8.55. The maximum atomic E-state index is 10.7. The number of carbonyl (C=O) groups excluding carboxylic acids is 1. The van der Waals surface area contributed by atoms with Crippen LogP contribution in [0.15, 0.2) is 24.3 Å². The molecule has 1 saturated heterocycles. The fraction of sp³-hybridized carbons (Fsp3) is 0.222. The highest BCUT2D eigenvalue weighted by Gasteiger charge is 2.22. The Hall–Kier alpha value is -1.02. The van der Waals surface area contributed by atoms with E-state index in [0.29, 0.717) is 18.9 Å². The van der Waals surface area contributed by atoms with E-state index in [1.807, 2.05) is 29.2 Å². The number of anilines is 1. The van der Waals surface area contributed by atoms with E-state index in [9.17, 15) is 4.79 Å². The second-order valence-corrected chi connectivity index (χ2v) is 3.31. The van der Waals surface area contributed by atoms with E-state index in [2.05, 4.69) is 0 Å². The Morgan fingerprint density at radius 2 is 1.75 bits per heavy atom. The summed E-state index contributed by atoms with van der Waals surface area (Å²) in [5.41, 5.74) is 1.07. The van der Waals surface area contributed by atoms with Crippen LogP contribution < -0.4 is 4.90 Å². The molecule has 12 heavy (non-hydrogen) atoms. The number of Topliss-reactive ketones (excluding diaryl/α,β-unsaturated/α-hetero) is 1. The zero-order valence-corrected chi connectivity index (χ0v) is 7.21. The lowest BCUT2D eigenvalue weighted by Gasteiger charge is -2.31. The third-order valence-corrected chi connectivity index (χ3v) is 2.18. The maximum Gasteiger partial charge on any atom is 0.171 e. The second-order valence-electron chi connectivity index (χ2n) is 2.87. The second kappa shape index (κ2) is 2.79. The van der Waals surface area contributed by atoms with Gasteiger partial charge in [-0.15, -0.1) is 0 Å². The highest BCUT2D eigenvalue weighted by Crippen LogP contribution is 2.20. The van der Waals surface area contributed by atoms with Crippen LogP contribution >= 0.6 is 11.6 Å². The van der Waals surface area contributed by atoms with Crippen molar-refractivity contribution in [1.29, 1.82) is 0 Å². The van der Waals surface area contributed by atoms with Crippen molar-refractivity contribution in [3.63, 3.8) is 0 Å². The van der Waals surface area contributed by atoms with Gasteiger partial charge in [0.1, 0.15) is 0 Å². The topological polar surface area (TPSA) is 20.3 Å². The molecule has 0 amide bonds. The lowest BCUT2D eigenvalue weighted by Crippen LogP contribution is -2.47. The fourth-order valence-electron chi connectivity index (χ4n) is 1.21. The van der Waals surface area contributed by atoms with Crippen LogP contribution in [0.3, 0.4) is 0 Å². The van der Waals surface area contributed by atoms with Gasteiger partial charge in [-0.2, -0.15) is 0 Å². The quantitative estimate of drug-likeness (QED) is 0.658. The standard InChI is InChI=1S/C9H8ClNO/c10-7-1-3-8(4-2-7)11-5-9(12)6-11/h1-4H,5-6H2. The Bertz CT molecular complexity index is 299. The lowest BCUT2D eigenvalue weighted by atomic mass is 10.1. The van der Waals surface area contributed by atoms with Crippen molar-refractivity contribution in [1.82, 2.24) is 0 Å². The highest BCUT2D eigenvalue weighted by atomic mass is 35.5. The van der Waals surface area contributed by atoms with Crippen LogP contribution in [-0.2, 0) is 4.79 Å². The van der Waals surface area contributed by atoms with E-state index in [4.69, 9.17) is 11.6 Å². The molecule has 0 spiro atoms. The Labute approximate surface area is 75.7 Å². The van der Waals surface area contributed by atoms with Gasteiger partial charge in [0, 0.05) is 10.7 Å². The smallest absolute Gasteiger partial charge is 0.171 e. The first kappa shape index (κ1) is 7.62. The number of carbonyl (C=O) groups is 1. The van der Waals surface area contributed by atoms with E-state index in [-0.39, 0.29) is 0 Å². The number of hydrogen-bond donors (Lipinski definition) is 0. The molecule has 0 aromatic heterocycles. The van der Waals surface area contributed by atoms with Crippen molar-refractivity contribution in [3.05, 3.63) is 29.3 Å². The first-order valence-corrected chi connectivity index (χ1v) is 4.16. The first-order chi connectivity index (χ1) is 5.75. The van der Waals surface area contributed by atoms with Crippen molar-refractivity contribution in [2.24, 2.45) is 0 Å². The van der Waals surface area contributed by atoms with Crippen molar-refractivity contribution in [2.45, 2.75) is 0 Å². The molecule has 0 saturated carbocycles.